The molecule has 0 aliphatic carbocycles. The Labute approximate surface area is 177 Å². The number of benzene rings is 2. The molecule has 2 aliphatic heterocycles. The lowest BCUT2D eigenvalue weighted by Gasteiger charge is -2.22. The summed E-state index contributed by atoms with van der Waals surface area (Å²) < 4.78 is 11.8. The minimum atomic E-state index is -0.147. The SMILES string of the molecule is CCOc1ccccc1/C=C1\Oc2c(CN3CCCCCC3)c(O)cc(C)c2C1=O. The summed E-state index contributed by atoms with van der Waals surface area (Å²) in [7, 11) is 0. The molecule has 1 N–H and O–H groups in total. The van der Waals surface area contributed by atoms with Crippen molar-refractivity contribution in [3.8, 4) is 17.2 Å². The standard InChI is InChI=1S/C25H29NO4/c1-3-29-21-11-7-6-10-18(21)15-22-24(28)23-17(2)14-20(27)19(25(23)30-22)16-26-12-8-4-5-9-13-26/h6-7,10-11,14-15,27H,3-5,8-9,12-13,16H2,1-2H3/b22-15-. The van der Waals surface area contributed by atoms with Crippen LogP contribution in [0.25, 0.3) is 6.08 Å². The van der Waals surface area contributed by atoms with E-state index in [2.05, 4.69) is 4.90 Å². The van der Waals surface area contributed by atoms with E-state index in [1.807, 2.05) is 38.1 Å². The maximum atomic E-state index is 13.2. The van der Waals surface area contributed by atoms with Crippen LogP contribution in [0.3, 0.4) is 0 Å². The Morgan fingerprint density at radius 3 is 2.63 bits per heavy atom. The number of likely N-dealkylation sites (tertiary alicyclic amines) is 1. The zero-order valence-electron chi connectivity index (χ0n) is 17.7. The van der Waals surface area contributed by atoms with E-state index in [1.165, 1.54) is 12.8 Å². The number of para-hydroxylation sites is 1. The van der Waals surface area contributed by atoms with E-state index in [0.717, 1.165) is 37.1 Å². The molecule has 2 aromatic carbocycles. The lowest BCUT2D eigenvalue weighted by Crippen LogP contribution is -2.24. The number of aromatic hydroxyl groups is 1. The van der Waals surface area contributed by atoms with Crippen LogP contribution in [0.4, 0.5) is 0 Å². The molecule has 0 radical (unpaired) electrons. The molecule has 5 heteroatoms. The average molecular weight is 408 g/mol. The summed E-state index contributed by atoms with van der Waals surface area (Å²) in [6, 6.07) is 9.28. The molecule has 2 aliphatic rings. The number of ketones is 1. The Kier molecular flexibility index (Phi) is 6.09. The number of carbonyl (C=O) groups is 1. The van der Waals surface area contributed by atoms with Gasteiger partial charge < -0.3 is 14.6 Å². The molecule has 0 atom stereocenters. The number of carbonyl (C=O) groups excluding carboxylic acids is 1. The molecule has 2 heterocycles. The van der Waals surface area contributed by atoms with Crippen molar-refractivity contribution >= 4 is 11.9 Å². The molecule has 0 bridgehead atoms. The van der Waals surface area contributed by atoms with E-state index in [1.54, 1.807) is 12.1 Å². The van der Waals surface area contributed by atoms with Crippen molar-refractivity contribution in [1.29, 1.82) is 0 Å². The van der Waals surface area contributed by atoms with Crippen molar-refractivity contribution in [2.24, 2.45) is 0 Å². The molecule has 0 saturated carbocycles. The average Bonchev–Trinajstić information content (AvgIpc) is 2.89. The smallest absolute Gasteiger partial charge is 0.232 e. The zero-order chi connectivity index (χ0) is 21.1. The van der Waals surface area contributed by atoms with Gasteiger partial charge in [-0.1, -0.05) is 31.0 Å². The third-order valence-corrected chi connectivity index (χ3v) is 5.81. The van der Waals surface area contributed by atoms with Crippen molar-refractivity contribution in [2.45, 2.75) is 46.1 Å². The second-order valence-electron chi connectivity index (χ2n) is 8.00. The number of aryl methyl sites for hydroxylation is 1. The first kappa shape index (κ1) is 20.5. The topological polar surface area (TPSA) is 59.0 Å². The molecule has 0 aromatic heterocycles. The van der Waals surface area contributed by atoms with Crippen molar-refractivity contribution in [3.05, 3.63) is 58.3 Å². The van der Waals surface area contributed by atoms with E-state index >= 15 is 0 Å². The highest BCUT2D eigenvalue weighted by molar-refractivity contribution is 6.16. The fourth-order valence-corrected chi connectivity index (χ4v) is 4.28. The molecule has 1 saturated heterocycles. The Morgan fingerprint density at radius 1 is 1.17 bits per heavy atom. The summed E-state index contributed by atoms with van der Waals surface area (Å²) in [4.78, 5) is 15.5. The number of ether oxygens (including phenoxy) is 2. The lowest BCUT2D eigenvalue weighted by molar-refractivity contribution is 0.101. The van der Waals surface area contributed by atoms with Crippen molar-refractivity contribution < 1.29 is 19.4 Å². The number of hydrogen-bond donors (Lipinski definition) is 1. The molecule has 1 fully saturated rings. The number of rotatable bonds is 5. The highest BCUT2D eigenvalue weighted by Gasteiger charge is 2.34. The van der Waals surface area contributed by atoms with E-state index in [0.29, 0.717) is 35.8 Å². The minimum absolute atomic E-state index is 0.147. The van der Waals surface area contributed by atoms with Crippen molar-refractivity contribution in [2.75, 3.05) is 19.7 Å². The van der Waals surface area contributed by atoms with Crippen LogP contribution >= 0.6 is 0 Å². The fraction of sp³-hybridized carbons (Fsp3) is 0.400. The van der Waals surface area contributed by atoms with Gasteiger partial charge in [0.1, 0.15) is 17.2 Å². The monoisotopic (exact) mass is 407 g/mol. The van der Waals surface area contributed by atoms with Crippen molar-refractivity contribution in [1.82, 2.24) is 4.90 Å². The number of phenols is 1. The van der Waals surface area contributed by atoms with Gasteiger partial charge in [0.25, 0.3) is 0 Å². The van der Waals surface area contributed by atoms with E-state index in [9.17, 15) is 9.90 Å². The molecule has 0 unspecified atom stereocenters. The maximum absolute atomic E-state index is 13.2. The first-order chi connectivity index (χ1) is 14.6. The maximum Gasteiger partial charge on any atom is 0.232 e. The quantitative estimate of drug-likeness (QED) is 0.700. The van der Waals surface area contributed by atoms with Gasteiger partial charge in [-0.15, -0.1) is 0 Å². The first-order valence-corrected chi connectivity index (χ1v) is 10.8. The van der Waals surface area contributed by atoms with Gasteiger partial charge in [-0.05, 0) is 63.6 Å². The van der Waals surface area contributed by atoms with E-state index in [4.69, 9.17) is 9.47 Å². The number of allylic oxidation sites excluding steroid dienone is 1. The molecule has 5 nitrogen and oxygen atoms in total. The second-order valence-corrected chi connectivity index (χ2v) is 8.00. The first-order valence-electron chi connectivity index (χ1n) is 10.8. The van der Waals surface area contributed by atoms with E-state index < -0.39 is 0 Å². The fourth-order valence-electron chi connectivity index (χ4n) is 4.28. The van der Waals surface area contributed by atoms with Gasteiger partial charge >= 0.3 is 0 Å². The van der Waals surface area contributed by atoms with Crippen LogP contribution in [0.5, 0.6) is 17.2 Å². The molecule has 0 spiro atoms. The second kappa shape index (κ2) is 8.92. The highest BCUT2D eigenvalue weighted by Crippen LogP contribution is 2.42. The van der Waals surface area contributed by atoms with Crippen LogP contribution in [0.15, 0.2) is 36.1 Å². The van der Waals surface area contributed by atoms with Gasteiger partial charge in [-0.25, -0.2) is 0 Å². The molecule has 4 rings (SSSR count). The van der Waals surface area contributed by atoms with E-state index in [-0.39, 0.29) is 17.3 Å². The third kappa shape index (κ3) is 4.08. The third-order valence-electron chi connectivity index (χ3n) is 5.81. The molecule has 0 amide bonds. The normalized spacial score (nSPS) is 18.2. The minimum Gasteiger partial charge on any atom is -0.507 e. The van der Waals surface area contributed by atoms with Gasteiger partial charge in [-0.2, -0.15) is 0 Å². The predicted molar refractivity (Wildman–Crippen MR) is 117 cm³/mol. The summed E-state index contributed by atoms with van der Waals surface area (Å²) in [6.07, 6.45) is 6.55. The largest absolute Gasteiger partial charge is 0.507 e. The number of phenolic OH excluding ortho intramolecular Hbond substituents is 1. The number of fused-ring (bicyclic) bond motifs is 1. The Bertz CT molecular complexity index is 971. The number of Topliss-reactive ketones (excluding diaryl/α,β-unsaturated/α-hetero) is 1. The number of nitrogens with zero attached hydrogens (tertiary/aromatic N) is 1. The van der Waals surface area contributed by atoms with Crippen LogP contribution in [-0.4, -0.2) is 35.5 Å². The van der Waals surface area contributed by atoms with Crippen LogP contribution < -0.4 is 9.47 Å². The van der Waals surface area contributed by atoms with Crippen molar-refractivity contribution in [3.63, 3.8) is 0 Å². The lowest BCUT2D eigenvalue weighted by atomic mass is 9.99. The summed E-state index contributed by atoms with van der Waals surface area (Å²) in [6.45, 7) is 6.90. The molecule has 158 valence electrons. The van der Waals surface area contributed by atoms with Crippen LogP contribution in [0.2, 0.25) is 0 Å². The van der Waals surface area contributed by atoms with Gasteiger partial charge in [0, 0.05) is 12.1 Å². The molecular formula is C25H29NO4. The summed E-state index contributed by atoms with van der Waals surface area (Å²) >= 11 is 0. The zero-order valence-corrected chi connectivity index (χ0v) is 17.7. The van der Waals surface area contributed by atoms with Crippen LogP contribution in [0, 0.1) is 6.92 Å². The molecule has 30 heavy (non-hydrogen) atoms. The van der Waals surface area contributed by atoms with Gasteiger partial charge in [0.05, 0.1) is 17.7 Å². The number of hydrogen-bond acceptors (Lipinski definition) is 5. The Morgan fingerprint density at radius 2 is 1.90 bits per heavy atom. The molecule has 2 aromatic rings. The van der Waals surface area contributed by atoms with Crippen LogP contribution in [-0.2, 0) is 6.54 Å². The molecular weight excluding hydrogens is 378 g/mol. The summed E-state index contributed by atoms with van der Waals surface area (Å²) in [5.74, 6) is 1.53. The van der Waals surface area contributed by atoms with Crippen LogP contribution in [0.1, 0.15) is 59.7 Å². The Balaban J connectivity index is 1.69. The van der Waals surface area contributed by atoms with Gasteiger partial charge in [-0.3, -0.25) is 9.69 Å². The summed E-state index contributed by atoms with van der Waals surface area (Å²) in [5.41, 5.74) is 2.78. The Hall–Kier alpha value is -2.79. The predicted octanol–water partition coefficient (Wildman–Crippen LogP) is 5.09. The summed E-state index contributed by atoms with van der Waals surface area (Å²) in [5, 5.41) is 10.7. The highest BCUT2D eigenvalue weighted by atomic mass is 16.5. The van der Waals surface area contributed by atoms with Gasteiger partial charge in [0.15, 0.2) is 5.76 Å². The van der Waals surface area contributed by atoms with Gasteiger partial charge in [0.2, 0.25) is 5.78 Å².